The zero-order chi connectivity index (χ0) is 20.6. The summed E-state index contributed by atoms with van der Waals surface area (Å²) >= 11 is 14.1. The maximum absolute atomic E-state index is 12.3. The van der Waals surface area contributed by atoms with Crippen LogP contribution in [0.15, 0.2) is 54.5 Å². The number of H-pyrrole nitrogens is 1. The molecule has 0 saturated carbocycles. The van der Waals surface area contributed by atoms with E-state index in [0.717, 1.165) is 19.6 Å². The highest BCUT2D eigenvalue weighted by molar-refractivity contribution is 7.99. The van der Waals surface area contributed by atoms with Gasteiger partial charge in [0.05, 0.1) is 27.7 Å². The van der Waals surface area contributed by atoms with Crippen molar-refractivity contribution in [2.45, 2.75) is 16.7 Å². The summed E-state index contributed by atoms with van der Waals surface area (Å²) in [7, 11) is 2.83. The van der Waals surface area contributed by atoms with Crippen LogP contribution in [0.3, 0.4) is 0 Å². The molecule has 0 aliphatic carbocycles. The molecule has 10 heteroatoms. The number of ether oxygens (including phenoxy) is 1. The van der Waals surface area contributed by atoms with E-state index in [1.54, 1.807) is 7.11 Å². The summed E-state index contributed by atoms with van der Waals surface area (Å²) in [5, 5.41) is 0.493. The van der Waals surface area contributed by atoms with Crippen LogP contribution in [0.4, 0.5) is 0 Å². The fourth-order valence-corrected chi connectivity index (χ4v) is 4.27. The third-order valence-corrected chi connectivity index (χ3v) is 5.98. The number of benzene rings is 2. The van der Waals surface area contributed by atoms with Crippen molar-refractivity contribution in [2.24, 2.45) is 7.05 Å². The van der Waals surface area contributed by atoms with Crippen molar-refractivity contribution in [3.8, 4) is 11.4 Å². The number of halogens is 2. The number of hydrogen-bond acceptors (Lipinski definition) is 5. The first-order valence-corrected chi connectivity index (χ1v) is 9.54. The lowest BCUT2D eigenvalue weighted by atomic mass is 10.2. The van der Waals surface area contributed by atoms with Gasteiger partial charge in [-0.15, -0.1) is 0 Å². The van der Waals surface area contributed by atoms with E-state index in [1.165, 1.54) is 30.9 Å². The maximum atomic E-state index is 12.3. The molecule has 0 unspecified atom stereocenters. The summed E-state index contributed by atoms with van der Waals surface area (Å²) in [5.41, 5.74) is -1.29. The molecular formula is C18H15Cl2N3O4S. The SMILES string of the molecule is COc1ccc(C)cc1Sc1c(Cl)cc(-n2c(=O)[nH]c(=O)n(C)c2=O)cc1Cl. The molecule has 0 amide bonds. The molecule has 7 nitrogen and oxygen atoms in total. The molecule has 0 atom stereocenters. The first-order chi connectivity index (χ1) is 13.2. The quantitative estimate of drug-likeness (QED) is 0.674. The molecule has 0 fully saturated rings. The van der Waals surface area contributed by atoms with Crippen molar-refractivity contribution >= 4 is 35.0 Å². The minimum absolute atomic E-state index is 0.150. The average molecular weight is 440 g/mol. The Bertz CT molecular complexity index is 1220. The van der Waals surface area contributed by atoms with Crippen LogP contribution in [0.5, 0.6) is 5.75 Å². The van der Waals surface area contributed by atoms with Crippen LogP contribution < -0.4 is 21.8 Å². The van der Waals surface area contributed by atoms with Gasteiger partial charge in [0.25, 0.3) is 0 Å². The van der Waals surface area contributed by atoms with Gasteiger partial charge < -0.3 is 4.74 Å². The van der Waals surface area contributed by atoms with Crippen LogP contribution in [0.2, 0.25) is 10.0 Å². The number of methoxy groups -OCH3 is 1. The molecule has 1 N–H and O–H groups in total. The Balaban J connectivity index is 2.13. The van der Waals surface area contributed by atoms with Crippen molar-refractivity contribution in [1.29, 1.82) is 0 Å². The number of nitrogens with one attached hydrogen (secondary N) is 1. The molecule has 2 aromatic carbocycles. The number of aryl methyl sites for hydroxylation is 1. The molecular weight excluding hydrogens is 425 g/mol. The smallest absolute Gasteiger partial charge is 0.340 e. The molecule has 0 bridgehead atoms. The van der Waals surface area contributed by atoms with Gasteiger partial charge in [0.15, 0.2) is 0 Å². The molecule has 1 aromatic heterocycles. The van der Waals surface area contributed by atoms with Crippen LogP contribution >= 0.6 is 35.0 Å². The summed E-state index contributed by atoms with van der Waals surface area (Å²) < 4.78 is 6.94. The van der Waals surface area contributed by atoms with Crippen LogP contribution in [0.25, 0.3) is 5.69 Å². The lowest BCUT2D eigenvalue weighted by Gasteiger charge is -2.13. The minimum atomic E-state index is -0.874. The largest absolute Gasteiger partial charge is 0.496 e. The summed E-state index contributed by atoms with van der Waals surface area (Å²) in [6, 6.07) is 8.59. The van der Waals surface area contributed by atoms with E-state index < -0.39 is 17.1 Å². The average Bonchev–Trinajstić information content (AvgIpc) is 2.63. The normalized spacial score (nSPS) is 10.9. The maximum Gasteiger partial charge on any atom is 0.340 e. The van der Waals surface area contributed by atoms with Gasteiger partial charge >= 0.3 is 17.1 Å². The van der Waals surface area contributed by atoms with Crippen molar-refractivity contribution in [3.05, 3.63) is 77.4 Å². The highest BCUT2D eigenvalue weighted by atomic mass is 35.5. The second-order valence-corrected chi connectivity index (χ2v) is 7.77. The topological polar surface area (TPSA) is 86.1 Å². The summed E-state index contributed by atoms with van der Waals surface area (Å²) in [6.45, 7) is 1.95. The molecule has 0 radical (unpaired) electrons. The number of aromatic amines is 1. The number of nitrogens with zero attached hydrogens (tertiary/aromatic N) is 2. The summed E-state index contributed by atoms with van der Waals surface area (Å²) in [6.07, 6.45) is 0. The van der Waals surface area contributed by atoms with Crippen molar-refractivity contribution in [1.82, 2.24) is 14.1 Å². The number of aromatic nitrogens is 3. The van der Waals surface area contributed by atoms with E-state index in [9.17, 15) is 14.4 Å². The standard InChI is InChI=1S/C18H15Cl2N3O4S/c1-9-4-5-13(27-3)14(6-9)28-15-11(19)7-10(8-12(15)20)23-17(25)21-16(24)22(2)18(23)26/h4-8H,1-3H3,(H,21,24,25). The van der Waals surface area contributed by atoms with E-state index >= 15 is 0 Å². The van der Waals surface area contributed by atoms with Gasteiger partial charge in [0.2, 0.25) is 0 Å². The monoisotopic (exact) mass is 439 g/mol. The molecule has 0 aliphatic rings. The Morgan fingerprint density at radius 2 is 1.68 bits per heavy atom. The number of hydrogen-bond donors (Lipinski definition) is 1. The van der Waals surface area contributed by atoms with E-state index in [0.29, 0.717) is 10.6 Å². The van der Waals surface area contributed by atoms with Crippen molar-refractivity contribution in [2.75, 3.05) is 7.11 Å². The van der Waals surface area contributed by atoms with Gasteiger partial charge in [-0.2, -0.15) is 0 Å². The van der Waals surface area contributed by atoms with Crippen molar-refractivity contribution in [3.63, 3.8) is 0 Å². The van der Waals surface area contributed by atoms with Crippen LogP contribution in [0.1, 0.15) is 5.56 Å². The second-order valence-electron chi connectivity index (χ2n) is 5.91. The van der Waals surface area contributed by atoms with E-state index in [4.69, 9.17) is 27.9 Å². The Hall–Kier alpha value is -2.42. The predicted octanol–water partition coefficient (Wildman–Crippen LogP) is 3.00. The van der Waals surface area contributed by atoms with Gasteiger partial charge in [0, 0.05) is 11.9 Å². The molecule has 0 saturated heterocycles. The fraction of sp³-hybridized carbons (Fsp3) is 0.167. The molecule has 1 heterocycles. The zero-order valence-corrected chi connectivity index (χ0v) is 17.4. The van der Waals surface area contributed by atoms with Crippen LogP contribution in [-0.4, -0.2) is 21.2 Å². The predicted molar refractivity (Wildman–Crippen MR) is 110 cm³/mol. The third-order valence-electron chi connectivity index (χ3n) is 3.97. The fourth-order valence-electron chi connectivity index (χ4n) is 2.53. The van der Waals surface area contributed by atoms with Crippen LogP contribution in [-0.2, 0) is 7.05 Å². The molecule has 28 heavy (non-hydrogen) atoms. The summed E-state index contributed by atoms with van der Waals surface area (Å²) in [4.78, 5) is 39.4. The number of rotatable bonds is 4. The molecule has 3 rings (SSSR count). The highest BCUT2D eigenvalue weighted by Crippen LogP contribution is 2.43. The Morgan fingerprint density at radius 1 is 1.04 bits per heavy atom. The van der Waals surface area contributed by atoms with Gasteiger partial charge in [-0.1, -0.05) is 41.0 Å². The minimum Gasteiger partial charge on any atom is -0.496 e. The molecule has 3 aromatic rings. The molecule has 146 valence electrons. The molecule has 0 aliphatic heterocycles. The van der Waals surface area contributed by atoms with E-state index in [2.05, 4.69) is 4.98 Å². The van der Waals surface area contributed by atoms with Gasteiger partial charge in [-0.3, -0.25) is 4.98 Å². The highest BCUT2D eigenvalue weighted by Gasteiger charge is 2.16. The van der Waals surface area contributed by atoms with Gasteiger partial charge in [0.1, 0.15) is 5.75 Å². The lowest BCUT2D eigenvalue weighted by Crippen LogP contribution is -2.47. The zero-order valence-electron chi connectivity index (χ0n) is 15.1. The van der Waals surface area contributed by atoms with Gasteiger partial charge in [-0.25, -0.2) is 23.5 Å². The Kier molecular flexibility index (Phi) is 5.74. The Labute approximate surface area is 173 Å². The van der Waals surface area contributed by atoms with E-state index in [-0.39, 0.29) is 15.7 Å². The van der Waals surface area contributed by atoms with Crippen LogP contribution in [0, 0.1) is 6.92 Å². The first kappa shape index (κ1) is 20.3. The first-order valence-electron chi connectivity index (χ1n) is 7.97. The van der Waals surface area contributed by atoms with Crippen molar-refractivity contribution < 1.29 is 4.74 Å². The third kappa shape index (κ3) is 3.76. The second kappa shape index (κ2) is 7.90. The van der Waals surface area contributed by atoms with E-state index in [1.807, 2.05) is 25.1 Å². The molecule has 0 spiro atoms. The lowest BCUT2D eigenvalue weighted by molar-refractivity contribution is 0.404. The van der Waals surface area contributed by atoms with Gasteiger partial charge in [-0.05, 0) is 36.8 Å². The Morgan fingerprint density at radius 3 is 2.29 bits per heavy atom. The summed E-state index contributed by atoms with van der Waals surface area (Å²) in [5.74, 6) is 0.664.